The lowest BCUT2D eigenvalue weighted by molar-refractivity contribution is -0.148. The normalized spacial score (nSPS) is 20.8. The van der Waals surface area contributed by atoms with Crippen LogP contribution in [0.3, 0.4) is 0 Å². The molecule has 1 saturated carbocycles. The Bertz CT molecular complexity index is 574. The zero-order valence-corrected chi connectivity index (χ0v) is 13.1. The van der Waals surface area contributed by atoms with E-state index < -0.39 is 36.9 Å². The maximum Gasteiger partial charge on any atom is 0.390 e. The lowest BCUT2D eigenvalue weighted by Crippen LogP contribution is -2.37. The van der Waals surface area contributed by atoms with Gasteiger partial charge in [0.15, 0.2) is 0 Å². The van der Waals surface area contributed by atoms with Crippen molar-refractivity contribution in [3.8, 4) is 0 Å². The average molecular weight is 343 g/mol. The Morgan fingerprint density at radius 2 is 1.75 bits per heavy atom. The first-order valence-electron chi connectivity index (χ1n) is 7.88. The number of carboxylic acids is 1. The summed E-state index contributed by atoms with van der Waals surface area (Å²) < 4.78 is 37.6. The lowest BCUT2D eigenvalue weighted by atomic mass is 10.0. The van der Waals surface area contributed by atoms with Crippen molar-refractivity contribution in [2.24, 2.45) is 11.8 Å². The van der Waals surface area contributed by atoms with E-state index in [-0.39, 0.29) is 18.9 Å². The van der Waals surface area contributed by atoms with Crippen LogP contribution in [0, 0.1) is 11.8 Å². The summed E-state index contributed by atoms with van der Waals surface area (Å²) in [4.78, 5) is 24.8. The van der Waals surface area contributed by atoms with E-state index in [4.69, 9.17) is 5.11 Å². The highest BCUT2D eigenvalue weighted by atomic mass is 19.4. The molecule has 0 aliphatic heterocycles. The number of carbonyl (C=O) groups excluding carboxylic acids is 1. The minimum Gasteiger partial charge on any atom is -0.481 e. The van der Waals surface area contributed by atoms with Gasteiger partial charge in [-0.2, -0.15) is 13.2 Å². The van der Waals surface area contributed by atoms with Gasteiger partial charge in [-0.25, -0.2) is 0 Å². The van der Waals surface area contributed by atoms with Gasteiger partial charge in [-0.1, -0.05) is 30.3 Å². The van der Waals surface area contributed by atoms with Crippen LogP contribution in [-0.2, 0) is 16.1 Å². The van der Waals surface area contributed by atoms with E-state index in [1.807, 2.05) is 0 Å². The quantitative estimate of drug-likeness (QED) is 0.860. The lowest BCUT2D eigenvalue weighted by Gasteiger charge is -2.26. The second-order valence-electron chi connectivity index (χ2n) is 6.16. The highest BCUT2D eigenvalue weighted by Gasteiger charge is 2.37. The Labute approximate surface area is 138 Å². The van der Waals surface area contributed by atoms with Gasteiger partial charge in [0.25, 0.3) is 0 Å². The third-order valence-corrected chi connectivity index (χ3v) is 4.32. The molecule has 0 spiro atoms. The zero-order chi connectivity index (χ0) is 17.7. The number of hydrogen-bond donors (Lipinski definition) is 1. The summed E-state index contributed by atoms with van der Waals surface area (Å²) in [6, 6.07) is 8.82. The Morgan fingerprint density at radius 3 is 2.29 bits per heavy atom. The molecule has 1 aliphatic carbocycles. The predicted molar refractivity (Wildman–Crippen MR) is 81.0 cm³/mol. The second kappa shape index (κ2) is 7.68. The summed E-state index contributed by atoms with van der Waals surface area (Å²) in [5.41, 5.74) is 0.751. The first kappa shape index (κ1) is 18.3. The molecule has 0 heterocycles. The summed E-state index contributed by atoms with van der Waals surface area (Å²) in [5, 5.41) is 9.02. The molecule has 7 heteroatoms. The van der Waals surface area contributed by atoms with Crippen LogP contribution in [-0.4, -0.2) is 34.6 Å². The molecule has 0 unspecified atom stereocenters. The van der Waals surface area contributed by atoms with Gasteiger partial charge in [-0.3, -0.25) is 9.59 Å². The first-order chi connectivity index (χ1) is 11.3. The van der Waals surface area contributed by atoms with Crippen LogP contribution in [0.25, 0.3) is 0 Å². The fraction of sp³-hybridized carbons (Fsp3) is 0.529. The number of amides is 1. The number of halogens is 3. The van der Waals surface area contributed by atoms with E-state index in [9.17, 15) is 22.8 Å². The van der Waals surface area contributed by atoms with Crippen LogP contribution in [0.2, 0.25) is 0 Å². The third kappa shape index (κ3) is 5.25. The van der Waals surface area contributed by atoms with E-state index >= 15 is 0 Å². The van der Waals surface area contributed by atoms with Gasteiger partial charge in [-0.15, -0.1) is 0 Å². The summed E-state index contributed by atoms with van der Waals surface area (Å²) in [7, 11) is 0. The maximum atomic E-state index is 12.6. The number of hydrogen-bond acceptors (Lipinski definition) is 2. The summed E-state index contributed by atoms with van der Waals surface area (Å²) in [5.74, 6) is -2.43. The molecule has 0 radical (unpaired) electrons. The van der Waals surface area contributed by atoms with Crippen LogP contribution in [0.1, 0.15) is 31.2 Å². The molecular weight excluding hydrogens is 323 g/mol. The molecule has 2 atom stereocenters. The number of carboxylic acid groups (broad SMARTS) is 1. The van der Waals surface area contributed by atoms with Gasteiger partial charge in [0.2, 0.25) is 5.91 Å². The number of rotatable bonds is 6. The van der Waals surface area contributed by atoms with Crippen LogP contribution in [0.5, 0.6) is 0 Å². The van der Waals surface area contributed by atoms with Crippen LogP contribution in [0.4, 0.5) is 13.2 Å². The molecule has 1 aromatic carbocycles. The van der Waals surface area contributed by atoms with E-state index in [0.717, 1.165) is 5.56 Å². The van der Waals surface area contributed by atoms with Crippen LogP contribution in [0.15, 0.2) is 30.3 Å². The van der Waals surface area contributed by atoms with Gasteiger partial charge < -0.3 is 10.0 Å². The maximum absolute atomic E-state index is 12.6. The van der Waals surface area contributed by atoms with Gasteiger partial charge in [0.1, 0.15) is 0 Å². The number of carbonyl (C=O) groups is 2. The number of benzene rings is 1. The third-order valence-electron chi connectivity index (χ3n) is 4.32. The van der Waals surface area contributed by atoms with Crippen molar-refractivity contribution in [2.75, 3.05) is 6.54 Å². The van der Waals surface area contributed by atoms with Crippen molar-refractivity contribution in [2.45, 2.75) is 38.4 Å². The van der Waals surface area contributed by atoms with Crippen molar-refractivity contribution in [1.29, 1.82) is 0 Å². The van der Waals surface area contributed by atoms with Crippen molar-refractivity contribution in [3.05, 3.63) is 35.9 Å². The fourth-order valence-corrected chi connectivity index (χ4v) is 3.02. The number of alkyl halides is 3. The van der Waals surface area contributed by atoms with E-state index in [1.165, 1.54) is 4.90 Å². The molecule has 1 aliphatic rings. The molecule has 132 valence electrons. The Kier molecular flexibility index (Phi) is 5.85. The largest absolute Gasteiger partial charge is 0.481 e. The molecule has 1 amide bonds. The molecule has 0 bridgehead atoms. The minimum absolute atomic E-state index is 0.101. The minimum atomic E-state index is -4.34. The second-order valence-corrected chi connectivity index (χ2v) is 6.16. The molecule has 24 heavy (non-hydrogen) atoms. The first-order valence-corrected chi connectivity index (χ1v) is 7.88. The SMILES string of the molecule is O=C(O)[C@@H]1CC[C@H](C(=O)N(CCC(F)(F)F)Cc2ccccc2)C1. The Hall–Kier alpha value is -2.05. The predicted octanol–water partition coefficient (Wildman–Crippen LogP) is 3.47. The smallest absolute Gasteiger partial charge is 0.390 e. The number of nitrogens with zero attached hydrogens (tertiary/aromatic N) is 1. The molecule has 1 N–H and O–H groups in total. The molecular formula is C17H20F3NO3. The summed E-state index contributed by atoms with van der Waals surface area (Å²) >= 11 is 0. The van der Waals surface area contributed by atoms with Gasteiger partial charge >= 0.3 is 12.1 Å². The average Bonchev–Trinajstić information content (AvgIpc) is 3.01. The van der Waals surface area contributed by atoms with E-state index in [2.05, 4.69) is 0 Å². The monoisotopic (exact) mass is 343 g/mol. The van der Waals surface area contributed by atoms with Crippen molar-refractivity contribution >= 4 is 11.9 Å². The molecule has 1 fully saturated rings. The number of aliphatic carboxylic acids is 1. The molecule has 0 aromatic heterocycles. The summed E-state index contributed by atoms with van der Waals surface area (Å²) in [6.45, 7) is -0.310. The molecule has 1 aromatic rings. The topological polar surface area (TPSA) is 57.6 Å². The van der Waals surface area contributed by atoms with Crippen LogP contribution >= 0.6 is 0 Å². The van der Waals surface area contributed by atoms with Crippen molar-refractivity contribution in [3.63, 3.8) is 0 Å². The van der Waals surface area contributed by atoms with Gasteiger partial charge in [0, 0.05) is 19.0 Å². The van der Waals surface area contributed by atoms with E-state index in [0.29, 0.717) is 12.8 Å². The van der Waals surface area contributed by atoms with E-state index in [1.54, 1.807) is 30.3 Å². The molecule has 2 rings (SSSR count). The summed E-state index contributed by atoms with van der Waals surface area (Å²) in [6.07, 6.45) is -4.40. The highest BCUT2D eigenvalue weighted by Crippen LogP contribution is 2.33. The van der Waals surface area contributed by atoms with Gasteiger partial charge in [-0.05, 0) is 24.8 Å². The fourth-order valence-electron chi connectivity index (χ4n) is 3.02. The zero-order valence-electron chi connectivity index (χ0n) is 13.1. The Morgan fingerprint density at radius 1 is 1.12 bits per heavy atom. The molecule has 4 nitrogen and oxygen atoms in total. The van der Waals surface area contributed by atoms with Gasteiger partial charge in [0.05, 0.1) is 12.3 Å². The standard InChI is InChI=1S/C17H20F3NO3/c18-17(19,20)8-9-21(11-12-4-2-1-3-5-12)15(22)13-6-7-14(10-13)16(23)24/h1-5,13-14H,6-11H2,(H,23,24)/t13-,14+/m0/s1. The highest BCUT2D eigenvalue weighted by molar-refractivity contribution is 5.81. The molecule has 0 saturated heterocycles. The van der Waals surface area contributed by atoms with Crippen LogP contribution < -0.4 is 0 Å². The van der Waals surface area contributed by atoms with Crippen molar-refractivity contribution in [1.82, 2.24) is 4.90 Å². The van der Waals surface area contributed by atoms with Crippen molar-refractivity contribution < 1.29 is 27.9 Å². The Balaban J connectivity index is 2.06.